The van der Waals surface area contributed by atoms with Crippen molar-refractivity contribution < 1.29 is 14.3 Å². The summed E-state index contributed by atoms with van der Waals surface area (Å²) in [4.78, 5) is 28.0. The quantitative estimate of drug-likeness (QED) is 0.860. The predicted molar refractivity (Wildman–Crippen MR) is 106 cm³/mol. The smallest absolute Gasteiger partial charge is 0.253 e. The van der Waals surface area contributed by atoms with Gasteiger partial charge in [0.15, 0.2) is 0 Å². The van der Waals surface area contributed by atoms with Gasteiger partial charge in [0.05, 0.1) is 0 Å². The van der Waals surface area contributed by atoms with E-state index in [0.29, 0.717) is 19.6 Å². The number of ether oxygens (including phenoxy) is 1. The molecule has 27 heavy (non-hydrogen) atoms. The van der Waals surface area contributed by atoms with Crippen LogP contribution in [0.3, 0.4) is 0 Å². The van der Waals surface area contributed by atoms with Crippen LogP contribution in [0.5, 0.6) is 0 Å². The summed E-state index contributed by atoms with van der Waals surface area (Å²) in [7, 11) is 0. The first kappa shape index (κ1) is 18.2. The Kier molecular flexibility index (Phi) is 5.55. The van der Waals surface area contributed by atoms with Crippen molar-refractivity contribution in [3.8, 4) is 0 Å². The normalized spacial score (nSPS) is 19.0. The van der Waals surface area contributed by atoms with Crippen molar-refractivity contribution >= 4 is 28.8 Å². The highest BCUT2D eigenvalue weighted by Crippen LogP contribution is 2.24. The molecule has 0 saturated carbocycles. The third-order valence-electron chi connectivity index (χ3n) is 5.23. The van der Waals surface area contributed by atoms with Crippen molar-refractivity contribution in [3.63, 3.8) is 0 Å². The fourth-order valence-electron chi connectivity index (χ4n) is 3.70. The molecule has 0 spiro atoms. The average molecular weight is 385 g/mol. The molecule has 1 atom stereocenters. The van der Waals surface area contributed by atoms with Gasteiger partial charge in [-0.2, -0.15) is 0 Å². The molecule has 2 aliphatic rings. The highest BCUT2D eigenvalue weighted by atomic mass is 32.1. The Labute approximate surface area is 163 Å². The number of amides is 2. The van der Waals surface area contributed by atoms with E-state index in [0.717, 1.165) is 43.5 Å². The van der Waals surface area contributed by atoms with Crippen molar-refractivity contribution in [3.05, 3.63) is 51.7 Å². The van der Waals surface area contributed by atoms with Crippen LogP contribution in [-0.2, 0) is 33.7 Å². The predicted octanol–water partition coefficient (Wildman–Crippen LogP) is 3.38. The number of rotatable bonds is 5. The molecule has 1 saturated heterocycles. The van der Waals surface area contributed by atoms with Gasteiger partial charge in [0.2, 0.25) is 5.91 Å². The van der Waals surface area contributed by atoms with Crippen molar-refractivity contribution in [1.82, 2.24) is 4.90 Å². The number of fused-ring (bicyclic) bond motifs is 1. The molecule has 1 aromatic heterocycles. The number of hydrogen-bond acceptors (Lipinski definition) is 4. The van der Waals surface area contributed by atoms with Gasteiger partial charge in [-0.1, -0.05) is 12.1 Å². The van der Waals surface area contributed by atoms with Gasteiger partial charge in [0, 0.05) is 36.7 Å². The Bertz CT molecular complexity index is 813. The summed E-state index contributed by atoms with van der Waals surface area (Å²) < 4.78 is 5.44. The zero-order valence-corrected chi connectivity index (χ0v) is 16.1. The Balaban J connectivity index is 1.37. The van der Waals surface area contributed by atoms with Gasteiger partial charge in [-0.3, -0.25) is 9.59 Å². The molecule has 0 aliphatic carbocycles. The average Bonchev–Trinajstić information content (AvgIpc) is 3.39. The summed E-state index contributed by atoms with van der Waals surface area (Å²) in [5, 5.41) is 5.00. The lowest BCUT2D eigenvalue weighted by Gasteiger charge is -2.29. The molecule has 1 aromatic carbocycles. The summed E-state index contributed by atoms with van der Waals surface area (Å²) in [5.41, 5.74) is 3.16. The van der Waals surface area contributed by atoms with Crippen LogP contribution >= 0.6 is 11.3 Å². The van der Waals surface area contributed by atoms with E-state index in [1.807, 2.05) is 28.5 Å². The van der Waals surface area contributed by atoms with Crippen molar-refractivity contribution in [2.45, 2.75) is 44.8 Å². The second kappa shape index (κ2) is 8.23. The van der Waals surface area contributed by atoms with E-state index in [9.17, 15) is 9.59 Å². The zero-order chi connectivity index (χ0) is 18.6. The highest BCUT2D eigenvalue weighted by Gasteiger charge is 2.25. The second-order valence-electron chi connectivity index (χ2n) is 7.12. The lowest BCUT2D eigenvalue weighted by molar-refractivity contribution is -0.132. The number of hydrogen-bond donors (Lipinski definition) is 1. The van der Waals surface area contributed by atoms with E-state index < -0.39 is 0 Å². The number of aryl methyl sites for hydroxylation is 1. The topological polar surface area (TPSA) is 58.6 Å². The summed E-state index contributed by atoms with van der Waals surface area (Å²) in [6.45, 7) is 2.03. The monoisotopic (exact) mass is 384 g/mol. The Hall–Kier alpha value is -2.18. The molecule has 3 heterocycles. The minimum atomic E-state index is -0.337. The molecule has 0 radical (unpaired) electrons. The number of benzene rings is 1. The van der Waals surface area contributed by atoms with Crippen LogP contribution in [0, 0.1) is 0 Å². The van der Waals surface area contributed by atoms with Crippen LogP contribution in [0.1, 0.15) is 35.3 Å². The fraction of sp³-hybridized carbons (Fsp3) is 0.429. The van der Waals surface area contributed by atoms with E-state index in [-0.39, 0.29) is 17.9 Å². The lowest BCUT2D eigenvalue weighted by Crippen LogP contribution is -2.36. The zero-order valence-electron chi connectivity index (χ0n) is 15.3. The van der Waals surface area contributed by atoms with E-state index in [1.165, 1.54) is 10.4 Å². The molecular formula is C21H24N2O3S. The molecule has 142 valence electrons. The van der Waals surface area contributed by atoms with Gasteiger partial charge in [-0.15, -0.1) is 11.3 Å². The number of carbonyl (C=O) groups excluding carboxylic acids is 2. The van der Waals surface area contributed by atoms with E-state index >= 15 is 0 Å². The van der Waals surface area contributed by atoms with Gasteiger partial charge in [-0.25, -0.2) is 0 Å². The standard InChI is InChI=1S/C21H24N2O3S/c24-20(8-7-18-3-2-12-27-18)23-10-9-15-5-6-17(13-16(15)14-23)22-21(25)19-4-1-11-26-19/h2-3,5-6,12-13,19H,1,4,7-11,14H2,(H,22,25). The largest absolute Gasteiger partial charge is 0.368 e. The SMILES string of the molecule is O=C(Nc1ccc2c(c1)CN(C(=O)CCc1cccs1)CC2)C1CCCO1. The first-order valence-electron chi connectivity index (χ1n) is 9.53. The molecule has 2 aromatic rings. The van der Waals surface area contributed by atoms with Gasteiger partial charge >= 0.3 is 0 Å². The molecule has 1 unspecified atom stereocenters. The Morgan fingerprint density at radius 2 is 2.19 bits per heavy atom. The van der Waals surface area contributed by atoms with Crippen molar-refractivity contribution in [2.24, 2.45) is 0 Å². The second-order valence-corrected chi connectivity index (χ2v) is 8.15. The van der Waals surface area contributed by atoms with E-state index in [2.05, 4.69) is 17.4 Å². The van der Waals surface area contributed by atoms with Gasteiger partial charge in [0.25, 0.3) is 5.91 Å². The molecule has 2 aliphatic heterocycles. The molecular weight excluding hydrogens is 360 g/mol. The van der Waals surface area contributed by atoms with Crippen LogP contribution in [0.25, 0.3) is 0 Å². The maximum atomic E-state index is 12.6. The molecule has 4 rings (SSSR count). The summed E-state index contributed by atoms with van der Waals surface area (Å²) >= 11 is 1.70. The first-order valence-corrected chi connectivity index (χ1v) is 10.4. The Morgan fingerprint density at radius 3 is 2.96 bits per heavy atom. The third kappa shape index (κ3) is 4.39. The van der Waals surface area contributed by atoms with Gasteiger partial charge in [-0.05, 0) is 60.4 Å². The number of carbonyl (C=O) groups is 2. The fourth-order valence-corrected chi connectivity index (χ4v) is 4.41. The maximum Gasteiger partial charge on any atom is 0.253 e. The number of thiophene rings is 1. The lowest BCUT2D eigenvalue weighted by atomic mass is 9.98. The third-order valence-corrected chi connectivity index (χ3v) is 6.16. The minimum absolute atomic E-state index is 0.0767. The van der Waals surface area contributed by atoms with Crippen LogP contribution in [-0.4, -0.2) is 36.0 Å². The summed E-state index contributed by atoms with van der Waals surface area (Å²) in [6, 6.07) is 10.1. The highest BCUT2D eigenvalue weighted by molar-refractivity contribution is 7.09. The summed E-state index contributed by atoms with van der Waals surface area (Å²) in [5.74, 6) is 0.120. The van der Waals surface area contributed by atoms with Crippen LogP contribution in [0.4, 0.5) is 5.69 Å². The van der Waals surface area contributed by atoms with Crippen LogP contribution < -0.4 is 5.32 Å². The first-order chi connectivity index (χ1) is 13.2. The van der Waals surface area contributed by atoms with Crippen molar-refractivity contribution in [1.29, 1.82) is 0 Å². The molecule has 1 N–H and O–H groups in total. The minimum Gasteiger partial charge on any atom is -0.368 e. The van der Waals surface area contributed by atoms with Crippen LogP contribution in [0.2, 0.25) is 0 Å². The number of nitrogens with one attached hydrogen (secondary N) is 1. The molecule has 0 bridgehead atoms. The molecule has 1 fully saturated rings. The van der Waals surface area contributed by atoms with Crippen LogP contribution in [0.15, 0.2) is 35.7 Å². The van der Waals surface area contributed by atoms with Gasteiger partial charge in [0.1, 0.15) is 6.10 Å². The molecule has 6 heteroatoms. The number of nitrogens with zero attached hydrogens (tertiary/aromatic N) is 1. The maximum absolute atomic E-state index is 12.6. The Morgan fingerprint density at radius 1 is 1.26 bits per heavy atom. The van der Waals surface area contributed by atoms with E-state index in [1.54, 1.807) is 11.3 Å². The van der Waals surface area contributed by atoms with E-state index in [4.69, 9.17) is 4.74 Å². The van der Waals surface area contributed by atoms with Gasteiger partial charge < -0.3 is 15.0 Å². The van der Waals surface area contributed by atoms with Crippen molar-refractivity contribution in [2.75, 3.05) is 18.5 Å². The number of anilines is 1. The molecule has 5 nitrogen and oxygen atoms in total. The summed E-state index contributed by atoms with van der Waals surface area (Å²) in [6.07, 6.45) is 3.59. The molecule has 2 amide bonds.